The summed E-state index contributed by atoms with van der Waals surface area (Å²) in [6.07, 6.45) is 2.40. The van der Waals surface area contributed by atoms with E-state index >= 15 is 0 Å². The first kappa shape index (κ1) is 21.8. The molecular formula is C20H21ClF2N4O3. The third kappa shape index (κ3) is 4.46. The van der Waals surface area contributed by atoms with Gasteiger partial charge in [-0.3, -0.25) is 14.0 Å². The summed E-state index contributed by atoms with van der Waals surface area (Å²) in [4.78, 5) is 31.9. The average Bonchev–Trinajstić information content (AvgIpc) is 3.08. The van der Waals surface area contributed by atoms with Gasteiger partial charge in [-0.2, -0.15) is 8.78 Å². The average molecular weight is 439 g/mol. The second-order valence-electron chi connectivity index (χ2n) is 6.94. The quantitative estimate of drug-likeness (QED) is 0.583. The van der Waals surface area contributed by atoms with Crippen molar-refractivity contribution >= 4 is 23.0 Å². The molecule has 0 radical (unpaired) electrons. The number of aryl methyl sites for hydroxylation is 1. The highest BCUT2D eigenvalue weighted by molar-refractivity contribution is 6.31. The summed E-state index contributed by atoms with van der Waals surface area (Å²) < 4.78 is 31.4. The predicted molar refractivity (Wildman–Crippen MR) is 109 cm³/mol. The van der Waals surface area contributed by atoms with Crippen LogP contribution in [0.3, 0.4) is 0 Å². The van der Waals surface area contributed by atoms with Crippen LogP contribution in [0.15, 0.2) is 29.3 Å². The van der Waals surface area contributed by atoms with Gasteiger partial charge in [0.15, 0.2) is 0 Å². The van der Waals surface area contributed by atoms with Gasteiger partial charge in [-0.25, -0.2) is 4.98 Å². The van der Waals surface area contributed by atoms with Crippen LogP contribution in [0.2, 0.25) is 5.02 Å². The monoisotopic (exact) mass is 438 g/mol. The zero-order chi connectivity index (χ0) is 22.0. The molecular weight excluding hydrogens is 418 g/mol. The molecule has 0 fully saturated rings. The minimum absolute atomic E-state index is 0.113. The zero-order valence-electron chi connectivity index (χ0n) is 16.6. The standard InChI is InChI=1S/C20H21ClF2N4O3/c1-4-10(2)17-14-6-12(21)7-15(27(14)9-25-17)19(29)24-8-13-16(30-20(22)23)5-11(3)26-18(13)28/h5-7,9-10,20H,4,8H2,1-3H3,(H,24,29)(H,26,28). The Morgan fingerprint density at radius 3 is 2.77 bits per heavy atom. The second kappa shape index (κ2) is 8.83. The fourth-order valence-electron chi connectivity index (χ4n) is 3.14. The Bertz CT molecular complexity index is 1140. The van der Waals surface area contributed by atoms with Crippen molar-refractivity contribution < 1.29 is 18.3 Å². The molecule has 0 saturated heterocycles. The summed E-state index contributed by atoms with van der Waals surface area (Å²) in [5.41, 5.74) is 1.36. The molecule has 7 nitrogen and oxygen atoms in total. The lowest BCUT2D eigenvalue weighted by Crippen LogP contribution is -2.29. The molecule has 10 heteroatoms. The molecule has 1 atom stereocenters. The van der Waals surface area contributed by atoms with Crippen LogP contribution >= 0.6 is 11.6 Å². The Labute approximate surface area is 176 Å². The number of alkyl halides is 2. The molecule has 0 bridgehead atoms. The van der Waals surface area contributed by atoms with Crippen molar-refractivity contribution in [2.75, 3.05) is 0 Å². The molecule has 1 amide bonds. The number of ether oxygens (including phenoxy) is 1. The van der Waals surface area contributed by atoms with Crippen LogP contribution in [0.4, 0.5) is 8.78 Å². The van der Waals surface area contributed by atoms with Gasteiger partial charge in [0.1, 0.15) is 17.8 Å². The number of H-pyrrole nitrogens is 1. The first-order valence-electron chi connectivity index (χ1n) is 9.33. The number of carbonyl (C=O) groups is 1. The first-order chi connectivity index (χ1) is 14.2. The van der Waals surface area contributed by atoms with Crippen LogP contribution in [0.5, 0.6) is 5.75 Å². The van der Waals surface area contributed by atoms with Crippen molar-refractivity contribution in [1.29, 1.82) is 0 Å². The topological polar surface area (TPSA) is 88.5 Å². The molecule has 160 valence electrons. The smallest absolute Gasteiger partial charge is 0.387 e. The summed E-state index contributed by atoms with van der Waals surface area (Å²) in [5.74, 6) is -0.660. The lowest BCUT2D eigenvalue weighted by atomic mass is 10.0. The molecule has 0 saturated carbocycles. The number of aromatic amines is 1. The molecule has 0 aliphatic carbocycles. The van der Waals surface area contributed by atoms with E-state index in [9.17, 15) is 18.4 Å². The number of hydrogen-bond donors (Lipinski definition) is 2. The molecule has 2 N–H and O–H groups in total. The highest BCUT2D eigenvalue weighted by Gasteiger charge is 2.19. The number of nitrogens with one attached hydrogen (secondary N) is 2. The third-order valence-electron chi connectivity index (χ3n) is 4.83. The van der Waals surface area contributed by atoms with Crippen LogP contribution in [-0.2, 0) is 6.54 Å². The van der Waals surface area contributed by atoms with Gasteiger partial charge in [0.05, 0.1) is 23.3 Å². The van der Waals surface area contributed by atoms with E-state index in [1.54, 1.807) is 17.4 Å². The summed E-state index contributed by atoms with van der Waals surface area (Å²) in [6.45, 7) is 2.19. The molecule has 0 aliphatic heterocycles. The summed E-state index contributed by atoms with van der Waals surface area (Å²) >= 11 is 6.21. The fraction of sp³-hybridized carbons (Fsp3) is 0.350. The highest BCUT2D eigenvalue weighted by atomic mass is 35.5. The van der Waals surface area contributed by atoms with Gasteiger partial charge in [-0.15, -0.1) is 0 Å². The van der Waals surface area contributed by atoms with E-state index in [2.05, 4.69) is 20.0 Å². The van der Waals surface area contributed by atoms with Crippen LogP contribution in [0.1, 0.15) is 53.6 Å². The van der Waals surface area contributed by atoms with E-state index in [0.29, 0.717) is 16.2 Å². The van der Waals surface area contributed by atoms with Crippen molar-refractivity contribution in [1.82, 2.24) is 19.7 Å². The molecule has 3 heterocycles. The summed E-state index contributed by atoms with van der Waals surface area (Å²) in [5, 5.41) is 2.92. The van der Waals surface area contributed by atoms with Crippen LogP contribution in [0.25, 0.3) is 5.52 Å². The van der Waals surface area contributed by atoms with Crippen LogP contribution < -0.4 is 15.6 Å². The van der Waals surface area contributed by atoms with E-state index < -0.39 is 18.1 Å². The van der Waals surface area contributed by atoms with Gasteiger partial charge in [-0.1, -0.05) is 25.4 Å². The Hall–Kier alpha value is -2.94. The Morgan fingerprint density at radius 2 is 2.10 bits per heavy atom. The Kier molecular flexibility index (Phi) is 6.40. The number of amides is 1. The van der Waals surface area contributed by atoms with E-state index in [0.717, 1.165) is 12.1 Å². The number of halogens is 3. The molecule has 0 spiro atoms. The van der Waals surface area contributed by atoms with E-state index in [1.807, 2.05) is 13.8 Å². The minimum atomic E-state index is -3.10. The lowest BCUT2D eigenvalue weighted by Gasteiger charge is -2.13. The molecule has 1 unspecified atom stereocenters. The second-order valence-corrected chi connectivity index (χ2v) is 7.38. The highest BCUT2D eigenvalue weighted by Crippen LogP contribution is 2.26. The number of aromatic nitrogens is 3. The number of carbonyl (C=O) groups excluding carboxylic acids is 1. The first-order valence-corrected chi connectivity index (χ1v) is 9.71. The van der Waals surface area contributed by atoms with Gasteiger partial charge >= 0.3 is 6.61 Å². The van der Waals surface area contributed by atoms with Gasteiger partial charge in [0, 0.05) is 22.7 Å². The number of hydrogen-bond acceptors (Lipinski definition) is 4. The molecule has 3 aromatic heterocycles. The van der Waals surface area contributed by atoms with Crippen LogP contribution in [-0.4, -0.2) is 26.9 Å². The number of rotatable bonds is 7. The zero-order valence-corrected chi connectivity index (χ0v) is 17.4. The SMILES string of the molecule is CCC(C)c1ncn2c(C(=O)NCc3c(OC(F)F)cc(C)[nH]c3=O)cc(Cl)cc12. The molecule has 0 aromatic carbocycles. The molecule has 30 heavy (non-hydrogen) atoms. The minimum Gasteiger partial charge on any atom is -0.434 e. The number of imidazole rings is 1. The normalized spacial score (nSPS) is 12.4. The maximum Gasteiger partial charge on any atom is 0.387 e. The molecule has 3 rings (SSSR count). The largest absolute Gasteiger partial charge is 0.434 e. The number of nitrogens with zero attached hydrogens (tertiary/aromatic N) is 2. The van der Waals surface area contributed by atoms with Crippen molar-refractivity contribution in [2.45, 2.75) is 46.3 Å². The Balaban J connectivity index is 1.92. The van der Waals surface area contributed by atoms with Crippen molar-refractivity contribution in [3.05, 3.63) is 62.5 Å². The van der Waals surface area contributed by atoms with Crippen LogP contribution in [0, 0.1) is 6.92 Å². The van der Waals surface area contributed by atoms with Crippen molar-refractivity contribution in [3.8, 4) is 5.75 Å². The summed E-state index contributed by atoms with van der Waals surface area (Å²) in [7, 11) is 0. The number of pyridine rings is 2. The van der Waals surface area contributed by atoms with E-state index in [4.69, 9.17) is 11.6 Å². The maximum absolute atomic E-state index is 12.8. The Morgan fingerprint density at radius 1 is 1.37 bits per heavy atom. The third-order valence-corrected chi connectivity index (χ3v) is 5.04. The van der Waals surface area contributed by atoms with Gasteiger partial charge in [0.25, 0.3) is 11.5 Å². The number of fused-ring (bicyclic) bond motifs is 1. The molecule has 0 aliphatic rings. The van der Waals surface area contributed by atoms with E-state index in [1.165, 1.54) is 18.5 Å². The van der Waals surface area contributed by atoms with Gasteiger partial charge in [0.2, 0.25) is 0 Å². The predicted octanol–water partition coefficient (Wildman–Crippen LogP) is 4.03. The maximum atomic E-state index is 12.8. The van der Waals surface area contributed by atoms with Crippen molar-refractivity contribution in [3.63, 3.8) is 0 Å². The lowest BCUT2D eigenvalue weighted by molar-refractivity contribution is -0.0506. The van der Waals surface area contributed by atoms with Gasteiger partial charge < -0.3 is 15.0 Å². The summed E-state index contributed by atoms with van der Waals surface area (Å²) in [6, 6.07) is 4.48. The molecule has 3 aromatic rings. The van der Waals surface area contributed by atoms with Crippen molar-refractivity contribution in [2.24, 2.45) is 0 Å². The fourth-order valence-corrected chi connectivity index (χ4v) is 3.35. The van der Waals surface area contributed by atoms with E-state index in [-0.39, 0.29) is 29.5 Å². The van der Waals surface area contributed by atoms with Gasteiger partial charge in [-0.05, 0) is 25.5 Å².